The second-order valence-electron chi connectivity index (χ2n) is 7.55. The molecule has 1 fully saturated rings. The van der Waals surface area contributed by atoms with Crippen LogP contribution >= 0.6 is 0 Å². The fourth-order valence-electron chi connectivity index (χ4n) is 3.63. The maximum atomic E-state index is 12.9. The molecular weight excluding hydrogens is 397 g/mol. The van der Waals surface area contributed by atoms with E-state index in [4.69, 9.17) is 0 Å². The lowest BCUT2D eigenvalue weighted by atomic mass is 10.0. The lowest BCUT2D eigenvalue weighted by Crippen LogP contribution is -2.47. The van der Waals surface area contributed by atoms with Crippen molar-refractivity contribution in [3.63, 3.8) is 0 Å². The molecule has 3 aromatic rings. The zero-order valence-electron chi connectivity index (χ0n) is 17.0. The summed E-state index contributed by atoms with van der Waals surface area (Å²) in [5.41, 5.74) is 2.44. The van der Waals surface area contributed by atoms with Crippen LogP contribution in [0.3, 0.4) is 0 Å². The van der Waals surface area contributed by atoms with E-state index in [2.05, 4.69) is 15.7 Å². The monoisotopic (exact) mass is 421 g/mol. The van der Waals surface area contributed by atoms with Gasteiger partial charge in [-0.15, -0.1) is 0 Å². The number of nitrogens with zero attached hydrogens (tertiary/aromatic N) is 3. The Balaban J connectivity index is 1.22. The molecule has 1 saturated heterocycles. The van der Waals surface area contributed by atoms with Gasteiger partial charge in [-0.05, 0) is 60.9 Å². The van der Waals surface area contributed by atoms with Gasteiger partial charge in [-0.1, -0.05) is 12.1 Å². The van der Waals surface area contributed by atoms with Crippen LogP contribution in [0.4, 0.5) is 14.9 Å². The molecule has 0 saturated carbocycles. The van der Waals surface area contributed by atoms with Crippen molar-refractivity contribution in [1.82, 2.24) is 20.0 Å². The number of nitrogens with one attached hydrogen (secondary N) is 2. The van der Waals surface area contributed by atoms with Crippen molar-refractivity contribution in [2.75, 3.05) is 18.4 Å². The molecule has 4 rings (SSSR count). The third-order valence-electron chi connectivity index (χ3n) is 5.35. The Bertz CT molecular complexity index is 1010. The molecule has 2 heterocycles. The summed E-state index contributed by atoms with van der Waals surface area (Å²) in [6.45, 7) is 1.21. The number of aromatic nitrogens is 2. The van der Waals surface area contributed by atoms with Crippen LogP contribution in [0.5, 0.6) is 0 Å². The Kier molecular flexibility index (Phi) is 6.26. The van der Waals surface area contributed by atoms with Gasteiger partial charge in [-0.3, -0.25) is 4.79 Å². The van der Waals surface area contributed by atoms with Crippen LogP contribution in [-0.2, 0) is 11.2 Å². The van der Waals surface area contributed by atoms with E-state index in [-0.39, 0.29) is 23.8 Å². The Hall–Kier alpha value is -3.68. The third kappa shape index (κ3) is 5.48. The normalized spacial score (nSPS) is 14.3. The Labute approximate surface area is 179 Å². The van der Waals surface area contributed by atoms with Crippen molar-refractivity contribution < 1.29 is 14.0 Å². The fourth-order valence-corrected chi connectivity index (χ4v) is 3.63. The van der Waals surface area contributed by atoms with Crippen LogP contribution in [0.1, 0.15) is 18.4 Å². The van der Waals surface area contributed by atoms with Crippen LogP contribution in [-0.4, -0.2) is 45.8 Å². The molecular formula is C23H24FN5O2. The van der Waals surface area contributed by atoms with Gasteiger partial charge in [0.15, 0.2) is 0 Å². The zero-order chi connectivity index (χ0) is 21.6. The lowest BCUT2D eigenvalue weighted by molar-refractivity contribution is -0.131. The fraction of sp³-hybridized carbons (Fsp3) is 0.261. The van der Waals surface area contributed by atoms with Crippen LogP contribution in [0.15, 0.2) is 67.0 Å². The number of piperidine rings is 1. The quantitative estimate of drug-likeness (QED) is 0.663. The predicted octanol–water partition coefficient (Wildman–Crippen LogP) is 3.37. The first-order valence-electron chi connectivity index (χ1n) is 10.3. The number of hydrogen-bond donors (Lipinski definition) is 2. The first-order chi connectivity index (χ1) is 15.1. The Morgan fingerprint density at radius 1 is 1.03 bits per heavy atom. The van der Waals surface area contributed by atoms with Gasteiger partial charge in [0.2, 0.25) is 5.91 Å². The molecule has 0 aliphatic carbocycles. The molecule has 1 aliphatic rings. The second kappa shape index (κ2) is 9.42. The number of rotatable bonds is 5. The third-order valence-corrected chi connectivity index (χ3v) is 5.35. The summed E-state index contributed by atoms with van der Waals surface area (Å²) >= 11 is 0. The molecule has 0 bridgehead atoms. The largest absolute Gasteiger partial charge is 0.342 e. The molecule has 3 amide bonds. The van der Waals surface area contributed by atoms with Crippen LogP contribution in [0.25, 0.3) is 5.69 Å². The van der Waals surface area contributed by atoms with Crippen molar-refractivity contribution >= 4 is 17.6 Å². The molecule has 160 valence electrons. The summed E-state index contributed by atoms with van der Waals surface area (Å²) in [7, 11) is 0. The number of likely N-dealkylation sites (tertiary alicyclic amines) is 1. The van der Waals surface area contributed by atoms with Crippen molar-refractivity contribution in [1.29, 1.82) is 0 Å². The zero-order valence-corrected chi connectivity index (χ0v) is 17.0. The molecule has 7 nitrogen and oxygen atoms in total. The number of urea groups is 1. The molecule has 2 N–H and O–H groups in total. The topological polar surface area (TPSA) is 79.3 Å². The van der Waals surface area contributed by atoms with Crippen molar-refractivity contribution in [3.8, 4) is 5.69 Å². The minimum atomic E-state index is -0.350. The number of halogens is 1. The van der Waals surface area contributed by atoms with Gasteiger partial charge in [-0.25, -0.2) is 13.9 Å². The van der Waals surface area contributed by atoms with Gasteiger partial charge in [0, 0.05) is 37.2 Å². The van der Waals surface area contributed by atoms with E-state index in [9.17, 15) is 14.0 Å². The first kappa shape index (κ1) is 20.6. The molecule has 2 aromatic carbocycles. The summed E-state index contributed by atoms with van der Waals surface area (Å²) in [5, 5.41) is 9.81. The highest BCUT2D eigenvalue weighted by Gasteiger charge is 2.24. The highest BCUT2D eigenvalue weighted by molar-refractivity contribution is 5.89. The van der Waals surface area contributed by atoms with Gasteiger partial charge in [0.05, 0.1) is 12.1 Å². The van der Waals surface area contributed by atoms with E-state index >= 15 is 0 Å². The molecule has 0 radical (unpaired) electrons. The number of carbonyl (C=O) groups is 2. The van der Waals surface area contributed by atoms with Crippen LogP contribution in [0, 0.1) is 5.82 Å². The highest BCUT2D eigenvalue weighted by atomic mass is 19.1. The minimum absolute atomic E-state index is 0.00199. The highest BCUT2D eigenvalue weighted by Crippen LogP contribution is 2.15. The average Bonchev–Trinajstić information content (AvgIpc) is 3.31. The molecule has 0 spiro atoms. The Morgan fingerprint density at radius 2 is 1.74 bits per heavy atom. The lowest BCUT2D eigenvalue weighted by Gasteiger charge is -2.32. The predicted molar refractivity (Wildman–Crippen MR) is 115 cm³/mol. The maximum absolute atomic E-state index is 12.9. The molecule has 8 heteroatoms. The summed E-state index contributed by atoms with van der Waals surface area (Å²) in [5.74, 6) is -0.266. The van der Waals surface area contributed by atoms with Gasteiger partial charge in [0.1, 0.15) is 5.82 Å². The van der Waals surface area contributed by atoms with Gasteiger partial charge in [0.25, 0.3) is 0 Å². The maximum Gasteiger partial charge on any atom is 0.319 e. The van der Waals surface area contributed by atoms with Gasteiger partial charge < -0.3 is 15.5 Å². The summed E-state index contributed by atoms with van der Waals surface area (Å²) in [6, 6.07) is 14.9. The smallest absolute Gasteiger partial charge is 0.319 e. The van der Waals surface area contributed by atoms with E-state index in [0.717, 1.165) is 11.3 Å². The van der Waals surface area contributed by atoms with Gasteiger partial charge in [-0.2, -0.15) is 5.10 Å². The standard InChI is InChI=1S/C23H24FN5O2/c24-18-4-6-19(7-5-18)26-23(31)27-20-10-14-28(15-11-20)22(30)16-17-2-8-21(9-3-17)29-13-1-12-25-29/h1-9,12-13,20H,10-11,14-16H2,(H2,26,27,31). The van der Waals surface area contributed by atoms with Crippen molar-refractivity contribution in [2.45, 2.75) is 25.3 Å². The number of amides is 3. The second-order valence-corrected chi connectivity index (χ2v) is 7.55. The molecule has 0 unspecified atom stereocenters. The van der Waals surface area contributed by atoms with E-state index in [1.807, 2.05) is 41.4 Å². The summed E-state index contributed by atoms with van der Waals surface area (Å²) in [4.78, 5) is 26.6. The SMILES string of the molecule is O=C(Nc1ccc(F)cc1)NC1CCN(C(=O)Cc2ccc(-n3cccn3)cc2)CC1. The van der Waals surface area contributed by atoms with Gasteiger partial charge >= 0.3 is 6.03 Å². The molecule has 1 aliphatic heterocycles. The summed E-state index contributed by atoms with van der Waals surface area (Å²) < 4.78 is 14.7. The number of carbonyl (C=O) groups excluding carboxylic acids is 2. The number of anilines is 1. The molecule has 31 heavy (non-hydrogen) atoms. The van der Waals surface area contributed by atoms with Crippen molar-refractivity contribution in [2.24, 2.45) is 0 Å². The van der Waals surface area contributed by atoms with Crippen LogP contribution < -0.4 is 10.6 Å². The van der Waals surface area contributed by atoms with E-state index in [0.29, 0.717) is 38.0 Å². The number of hydrogen-bond acceptors (Lipinski definition) is 3. The van der Waals surface area contributed by atoms with Crippen molar-refractivity contribution in [3.05, 3.63) is 78.4 Å². The average molecular weight is 421 g/mol. The first-order valence-corrected chi connectivity index (χ1v) is 10.3. The Morgan fingerprint density at radius 3 is 2.39 bits per heavy atom. The number of benzene rings is 2. The van der Waals surface area contributed by atoms with E-state index < -0.39 is 0 Å². The van der Waals surface area contributed by atoms with E-state index in [1.54, 1.807) is 10.9 Å². The minimum Gasteiger partial charge on any atom is -0.342 e. The molecule has 1 aromatic heterocycles. The van der Waals surface area contributed by atoms with Crippen LogP contribution in [0.2, 0.25) is 0 Å². The molecule has 0 atom stereocenters. The van der Waals surface area contributed by atoms with E-state index in [1.165, 1.54) is 24.3 Å². The summed E-state index contributed by atoms with van der Waals surface area (Å²) in [6.07, 6.45) is 5.34.